The van der Waals surface area contributed by atoms with Crippen LogP contribution in [0, 0.1) is 11.8 Å². The van der Waals surface area contributed by atoms with Crippen molar-refractivity contribution in [2.45, 2.75) is 26.2 Å². The minimum absolute atomic E-state index is 0.157. The highest BCUT2D eigenvalue weighted by atomic mass is 16.4. The third kappa shape index (κ3) is 2.82. The fourth-order valence-electron chi connectivity index (χ4n) is 3.06. The summed E-state index contributed by atoms with van der Waals surface area (Å²) in [6, 6.07) is 7.49. The molecule has 0 spiro atoms. The second kappa shape index (κ2) is 5.68. The van der Waals surface area contributed by atoms with Gasteiger partial charge in [0.05, 0.1) is 5.52 Å². The zero-order chi connectivity index (χ0) is 14.8. The fourth-order valence-corrected chi connectivity index (χ4v) is 3.06. The Balaban J connectivity index is 1.90. The minimum Gasteiger partial charge on any atom is -0.475 e. The maximum absolute atomic E-state index is 11.2. The number of nitrogens with one attached hydrogen (secondary N) is 1. The van der Waals surface area contributed by atoms with Gasteiger partial charge in [0, 0.05) is 11.9 Å². The lowest BCUT2D eigenvalue weighted by Crippen LogP contribution is -2.18. The zero-order valence-corrected chi connectivity index (χ0v) is 12.0. The summed E-state index contributed by atoms with van der Waals surface area (Å²) in [6.07, 6.45) is 3.78. The van der Waals surface area contributed by atoms with E-state index in [0.717, 1.165) is 11.9 Å². The first kappa shape index (κ1) is 13.8. The maximum Gasteiger partial charge on any atom is 0.374 e. The third-order valence-corrected chi connectivity index (χ3v) is 4.37. The number of hydrogen-bond acceptors (Lipinski definition) is 4. The molecule has 1 aromatic heterocycles. The van der Waals surface area contributed by atoms with E-state index >= 15 is 0 Å². The molecular weight excluding hydrogens is 266 g/mol. The van der Waals surface area contributed by atoms with Crippen molar-refractivity contribution in [1.29, 1.82) is 0 Å². The van der Waals surface area contributed by atoms with Crippen molar-refractivity contribution in [2.75, 3.05) is 11.9 Å². The van der Waals surface area contributed by atoms with Crippen molar-refractivity contribution in [3.8, 4) is 0 Å². The molecule has 5 nitrogen and oxygen atoms in total. The number of benzene rings is 1. The van der Waals surface area contributed by atoms with Gasteiger partial charge in [-0.25, -0.2) is 14.8 Å². The van der Waals surface area contributed by atoms with Gasteiger partial charge in [0.1, 0.15) is 5.82 Å². The number of fused-ring (bicyclic) bond motifs is 1. The fraction of sp³-hybridized carbons (Fsp3) is 0.438. The highest BCUT2D eigenvalue weighted by Crippen LogP contribution is 2.31. The number of aromatic carboxylic acids is 1. The Morgan fingerprint density at radius 2 is 2.14 bits per heavy atom. The molecule has 1 heterocycles. The number of para-hydroxylation sites is 1. The number of carbonyl (C=O) groups is 1. The number of carboxylic acids is 1. The van der Waals surface area contributed by atoms with Gasteiger partial charge in [-0.2, -0.15) is 0 Å². The predicted octanol–water partition coefficient (Wildman–Crippen LogP) is 3.18. The number of rotatable bonds is 4. The monoisotopic (exact) mass is 285 g/mol. The first-order valence-corrected chi connectivity index (χ1v) is 7.39. The van der Waals surface area contributed by atoms with E-state index in [1.165, 1.54) is 19.3 Å². The lowest BCUT2D eigenvalue weighted by Gasteiger charge is -2.17. The van der Waals surface area contributed by atoms with Crippen LogP contribution < -0.4 is 5.32 Å². The van der Waals surface area contributed by atoms with Gasteiger partial charge < -0.3 is 10.4 Å². The summed E-state index contributed by atoms with van der Waals surface area (Å²) in [5, 5.41) is 13.3. The van der Waals surface area contributed by atoms with E-state index in [2.05, 4.69) is 22.2 Å². The average molecular weight is 285 g/mol. The van der Waals surface area contributed by atoms with Gasteiger partial charge >= 0.3 is 5.97 Å². The topological polar surface area (TPSA) is 75.1 Å². The molecule has 2 atom stereocenters. The Bertz CT molecular complexity index is 672. The van der Waals surface area contributed by atoms with E-state index in [1.54, 1.807) is 0 Å². The van der Waals surface area contributed by atoms with Crippen LogP contribution >= 0.6 is 0 Å². The molecule has 2 aromatic rings. The Labute approximate surface area is 123 Å². The highest BCUT2D eigenvalue weighted by Gasteiger charge is 2.23. The Kier molecular flexibility index (Phi) is 3.73. The molecule has 1 aliphatic carbocycles. The van der Waals surface area contributed by atoms with Gasteiger partial charge in [-0.05, 0) is 30.4 Å². The maximum atomic E-state index is 11.2. The van der Waals surface area contributed by atoms with Crippen LogP contribution in [0.1, 0.15) is 36.8 Å². The van der Waals surface area contributed by atoms with Crippen LogP contribution in [-0.4, -0.2) is 27.6 Å². The van der Waals surface area contributed by atoms with Crippen LogP contribution in [0.4, 0.5) is 5.82 Å². The number of hydrogen-bond donors (Lipinski definition) is 2. The first-order valence-electron chi connectivity index (χ1n) is 7.39. The molecule has 110 valence electrons. The van der Waals surface area contributed by atoms with E-state index in [4.69, 9.17) is 5.11 Å². The Morgan fingerprint density at radius 3 is 2.86 bits per heavy atom. The highest BCUT2D eigenvalue weighted by molar-refractivity contribution is 5.93. The van der Waals surface area contributed by atoms with E-state index in [0.29, 0.717) is 23.2 Å². The number of carboxylic acid groups (broad SMARTS) is 1. The summed E-state index contributed by atoms with van der Waals surface area (Å²) in [5.74, 6) is 0.711. The molecule has 5 heteroatoms. The van der Waals surface area contributed by atoms with Crippen molar-refractivity contribution < 1.29 is 9.90 Å². The molecule has 0 radical (unpaired) electrons. The summed E-state index contributed by atoms with van der Waals surface area (Å²) >= 11 is 0. The van der Waals surface area contributed by atoms with Gasteiger partial charge in [0.25, 0.3) is 0 Å². The van der Waals surface area contributed by atoms with Crippen molar-refractivity contribution in [2.24, 2.45) is 11.8 Å². The van der Waals surface area contributed by atoms with Crippen molar-refractivity contribution >= 4 is 22.7 Å². The smallest absolute Gasteiger partial charge is 0.374 e. The van der Waals surface area contributed by atoms with Crippen molar-refractivity contribution in [1.82, 2.24) is 9.97 Å². The Hall–Kier alpha value is -2.17. The molecule has 2 N–H and O–H groups in total. The molecule has 1 fully saturated rings. The lowest BCUT2D eigenvalue weighted by molar-refractivity contribution is 0.0684. The average Bonchev–Trinajstić information content (AvgIpc) is 2.89. The van der Waals surface area contributed by atoms with Crippen LogP contribution in [0.15, 0.2) is 24.3 Å². The molecule has 21 heavy (non-hydrogen) atoms. The SMILES string of the molecule is CC1CCCC1CNc1nc(C(=O)O)nc2ccccc12. The summed E-state index contributed by atoms with van der Waals surface area (Å²) in [6.45, 7) is 3.11. The Morgan fingerprint density at radius 1 is 1.33 bits per heavy atom. The molecule has 3 rings (SSSR count). The third-order valence-electron chi connectivity index (χ3n) is 4.37. The van der Waals surface area contributed by atoms with E-state index in [1.807, 2.05) is 24.3 Å². The van der Waals surface area contributed by atoms with Crippen molar-refractivity contribution in [3.05, 3.63) is 30.1 Å². The van der Waals surface area contributed by atoms with E-state index in [-0.39, 0.29) is 5.82 Å². The second-order valence-corrected chi connectivity index (χ2v) is 5.77. The van der Waals surface area contributed by atoms with E-state index in [9.17, 15) is 4.79 Å². The molecule has 1 aromatic carbocycles. The molecule has 0 amide bonds. The second-order valence-electron chi connectivity index (χ2n) is 5.77. The van der Waals surface area contributed by atoms with Crippen LogP contribution in [0.25, 0.3) is 10.9 Å². The quantitative estimate of drug-likeness (QED) is 0.902. The van der Waals surface area contributed by atoms with Gasteiger partial charge in [-0.1, -0.05) is 31.9 Å². The molecule has 2 unspecified atom stereocenters. The molecule has 1 aliphatic rings. The van der Waals surface area contributed by atoms with Crippen molar-refractivity contribution in [3.63, 3.8) is 0 Å². The molecule has 1 saturated carbocycles. The van der Waals surface area contributed by atoms with Gasteiger partial charge in [0.2, 0.25) is 5.82 Å². The van der Waals surface area contributed by atoms with Crippen LogP contribution in [0.2, 0.25) is 0 Å². The van der Waals surface area contributed by atoms with Crippen LogP contribution in [0.5, 0.6) is 0 Å². The number of aromatic nitrogens is 2. The summed E-state index contributed by atoms with van der Waals surface area (Å²) in [4.78, 5) is 19.4. The molecular formula is C16H19N3O2. The standard InChI is InChI=1S/C16H19N3O2/c1-10-5-4-6-11(10)9-17-14-12-7-2-3-8-13(12)18-15(19-14)16(20)21/h2-3,7-8,10-11H,4-6,9H2,1H3,(H,20,21)(H,17,18,19). The molecule has 0 bridgehead atoms. The summed E-state index contributed by atoms with van der Waals surface area (Å²) in [5.41, 5.74) is 0.659. The predicted molar refractivity (Wildman–Crippen MR) is 81.5 cm³/mol. The van der Waals surface area contributed by atoms with E-state index < -0.39 is 5.97 Å². The largest absolute Gasteiger partial charge is 0.475 e. The zero-order valence-electron chi connectivity index (χ0n) is 12.0. The lowest BCUT2D eigenvalue weighted by atomic mass is 9.98. The molecule has 0 aliphatic heterocycles. The normalized spacial score (nSPS) is 21.6. The van der Waals surface area contributed by atoms with Crippen LogP contribution in [-0.2, 0) is 0 Å². The van der Waals surface area contributed by atoms with Gasteiger partial charge in [0.15, 0.2) is 0 Å². The number of anilines is 1. The minimum atomic E-state index is -1.10. The number of nitrogens with zero attached hydrogens (tertiary/aromatic N) is 2. The molecule has 0 saturated heterocycles. The van der Waals surface area contributed by atoms with Gasteiger partial charge in [-0.15, -0.1) is 0 Å². The van der Waals surface area contributed by atoms with Crippen LogP contribution in [0.3, 0.4) is 0 Å². The first-order chi connectivity index (χ1) is 10.1. The summed E-state index contributed by atoms with van der Waals surface area (Å²) in [7, 11) is 0. The summed E-state index contributed by atoms with van der Waals surface area (Å²) < 4.78 is 0. The van der Waals surface area contributed by atoms with Gasteiger partial charge in [-0.3, -0.25) is 0 Å².